The van der Waals surface area contributed by atoms with E-state index in [1.165, 1.54) is 21.4 Å². The number of rotatable bonds is 3. The molecule has 376 valence electrons. The Morgan fingerprint density at radius 2 is 1.14 bits per heavy atom. The number of aryl methyl sites for hydroxylation is 4. The van der Waals surface area contributed by atoms with Crippen molar-refractivity contribution >= 4 is 75.6 Å². The molecule has 9 rings (SSSR count). The molecule has 0 radical (unpaired) electrons. The minimum Gasteiger partial charge on any atom is -0.369 e. The molecule has 0 aliphatic rings. The summed E-state index contributed by atoms with van der Waals surface area (Å²) in [7, 11) is 5.64. The van der Waals surface area contributed by atoms with Crippen molar-refractivity contribution in [2.75, 3.05) is 11.1 Å². The van der Waals surface area contributed by atoms with E-state index in [0.717, 1.165) is 21.4 Å². The number of imidazole rings is 3. The maximum atomic E-state index is 12.7. The highest BCUT2D eigenvalue weighted by molar-refractivity contribution is 7.71. The van der Waals surface area contributed by atoms with Gasteiger partial charge in [-0.2, -0.15) is 15.0 Å². The molecule has 0 bridgehead atoms. The van der Waals surface area contributed by atoms with Gasteiger partial charge in [0.05, 0.1) is 31.2 Å². The quantitative estimate of drug-likeness (QED) is 0.185. The first-order valence-corrected chi connectivity index (χ1v) is 23.4. The Balaban J connectivity index is 0.000000157. The number of anilines is 2. The van der Waals surface area contributed by atoms with Crippen molar-refractivity contribution in [1.29, 1.82) is 0 Å². The van der Waals surface area contributed by atoms with Crippen LogP contribution in [0.25, 0.3) is 39.3 Å². The van der Waals surface area contributed by atoms with Crippen LogP contribution >= 0.6 is 24.4 Å². The van der Waals surface area contributed by atoms with Gasteiger partial charge in [0.25, 0.3) is 11.1 Å². The van der Waals surface area contributed by atoms with Gasteiger partial charge in [0.2, 0.25) is 17.7 Å². The van der Waals surface area contributed by atoms with Crippen LogP contribution < -0.4 is 27.9 Å². The largest absolute Gasteiger partial charge is 0.369 e. The molecule has 9 aromatic heterocycles. The van der Waals surface area contributed by atoms with Crippen molar-refractivity contribution in [3.05, 3.63) is 114 Å². The van der Waals surface area contributed by atoms with Crippen LogP contribution in [0.1, 0.15) is 94.5 Å². The van der Waals surface area contributed by atoms with Crippen molar-refractivity contribution in [3.8, 4) is 0 Å². The number of fused-ring (bicyclic) bond motifs is 4. The fourth-order valence-electron chi connectivity index (χ4n) is 7.31. The summed E-state index contributed by atoms with van der Waals surface area (Å²) in [5.41, 5.74) is 9.71. The van der Waals surface area contributed by atoms with Gasteiger partial charge in [-0.05, 0) is 102 Å². The maximum Gasteiger partial charge on any atom is 0.336 e. The molecule has 0 saturated carbocycles. The lowest BCUT2D eigenvalue weighted by Crippen LogP contribution is -2.39. The van der Waals surface area contributed by atoms with E-state index in [4.69, 9.17) is 30.2 Å². The number of pyridine rings is 1. The fourth-order valence-corrected chi connectivity index (χ4v) is 8.47. The van der Waals surface area contributed by atoms with Crippen LogP contribution in [0.15, 0.2) is 76.5 Å². The van der Waals surface area contributed by atoms with Crippen LogP contribution in [0, 0.1) is 16.2 Å². The van der Waals surface area contributed by atoms with Crippen LogP contribution in [0.4, 0.5) is 11.9 Å². The van der Waals surface area contributed by atoms with Crippen LogP contribution in [0.2, 0.25) is 0 Å². The Labute approximate surface area is 420 Å². The monoisotopic (exact) mass is 1010 g/mol. The van der Waals surface area contributed by atoms with Gasteiger partial charge in [0.15, 0.2) is 22.5 Å². The summed E-state index contributed by atoms with van der Waals surface area (Å²) in [5, 5.41) is 3.21. The molecule has 3 N–H and O–H groups in total. The minimum absolute atomic E-state index is 0.0530. The molecule has 24 heteroatoms. The van der Waals surface area contributed by atoms with E-state index in [1.54, 1.807) is 47.6 Å². The molecule has 0 aliphatic carbocycles. The molecule has 0 unspecified atom stereocenters. The van der Waals surface area contributed by atoms with Gasteiger partial charge in [-0.25, -0.2) is 34.1 Å². The van der Waals surface area contributed by atoms with Gasteiger partial charge in [-0.3, -0.25) is 28.3 Å². The summed E-state index contributed by atoms with van der Waals surface area (Å²) in [6.45, 7) is 26.3. The van der Waals surface area contributed by atoms with Crippen LogP contribution in [0.3, 0.4) is 0 Å². The van der Waals surface area contributed by atoms with Crippen LogP contribution in [0.5, 0.6) is 0 Å². The normalized spacial score (nSPS) is 12.1. The highest BCUT2D eigenvalue weighted by Gasteiger charge is 2.22. The summed E-state index contributed by atoms with van der Waals surface area (Å²) < 4.78 is 15.3. The first-order valence-electron chi connectivity index (χ1n) is 22.6. The SMILES string of the molecule is Cc1cc(=O)nc2ncn(C(C)(C)C)c(=O)n12.Cn1c(NCc2ccccn2)nc2ncn(C(C)(C)C)c(=O)c21.Cn1cnc2nc(N)n(C(C)(C)C)c(=S)c21.Cn1cnc2ncn(C(C)(C)C)c(=S)c21. The second-order valence-corrected chi connectivity index (χ2v) is 21.6. The molecule has 0 atom stereocenters. The summed E-state index contributed by atoms with van der Waals surface area (Å²) in [6, 6.07) is 7.06. The lowest BCUT2D eigenvalue weighted by molar-refractivity contribution is 0.368. The second-order valence-electron chi connectivity index (χ2n) is 20.8. The average molecular weight is 1010 g/mol. The van der Waals surface area contributed by atoms with Gasteiger partial charge < -0.3 is 29.3 Å². The zero-order chi connectivity index (χ0) is 52.7. The van der Waals surface area contributed by atoms with E-state index >= 15 is 0 Å². The van der Waals surface area contributed by atoms with Crippen LogP contribution in [-0.4, -0.2) is 81.2 Å². The van der Waals surface area contributed by atoms with E-state index in [9.17, 15) is 14.4 Å². The zero-order valence-electron chi connectivity index (χ0n) is 43.2. The van der Waals surface area contributed by atoms with Gasteiger partial charge in [-0.1, -0.05) is 30.5 Å². The van der Waals surface area contributed by atoms with Crippen LogP contribution in [-0.2, 0) is 49.8 Å². The third-order valence-corrected chi connectivity index (χ3v) is 11.7. The number of aromatic nitrogens is 17. The highest BCUT2D eigenvalue weighted by Crippen LogP contribution is 2.23. The van der Waals surface area contributed by atoms with Gasteiger partial charge in [0.1, 0.15) is 33.0 Å². The maximum absolute atomic E-state index is 12.7. The third kappa shape index (κ3) is 11.3. The summed E-state index contributed by atoms with van der Waals surface area (Å²) in [4.78, 5) is 73.8. The number of nitrogens with zero attached hydrogens (tertiary/aromatic N) is 17. The summed E-state index contributed by atoms with van der Waals surface area (Å²) in [6.07, 6.45) is 9.91. The van der Waals surface area contributed by atoms with Crippen molar-refractivity contribution in [3.63, 3.8) is 0 Å². The number of hydrogen-bond donors (Lipinski definition) is 2. The first kappa shape index (κ1) is 53.0. The Morgan fingerprint density at radius 3 is 1.72 bits per heavy atom. The molecule has 0 amide bonds. The Bertz CT molecular complexity index is 3720. The number of nitrogens with two attached hydrogens (primary N) is 1. The lowest BCUT2D eigenvalue weighted by atomic mass is 10.1. The van der Waals surface area contributed by atoms with Crippen molar-refractivity contribution in [2.45, 2.75) is 119 Å². The Hall–Kier alpha value is -7.34. The smallest absolute Gasteiger partial charge is 0.336 e. The number of hydrogen-bond acceptors (Lipinski definition) is 16. The third-order valence-electron chi connectivity index (χ3n) is 11.0. The van der Waals surface area contributed by atoms with E-state index < -0.39 is 0 Å². The second kappa shape index (κ2) is 19.8. The van der Waals surface area contributed by atoms with Gasteiger partial charge in [0, 0.05) is 61.3 Å². The summed E-state index contributed by atoms with van der Waals surface area (Å²) in [5.74, 6) is 1.14. The predicted molar refractivity (Wildman–Crippen MR) is 282 cm³/mol. The molecule has 0 saturated heterocycles. The topological polar surface area (TPSA) is 244 Å². The van der Waals surface area contributed by atoms with E-state index in [-0.39, 0.29) is 44.7 Å². The molecule has 0 aromatic carbocycles. The molecule has 9 heterocycles. The van der Waals surface area contributed by atoms with Crippen molar-refractivity contribution in [1.82, 2.24) is 81.2 Å². The van der Waals surface area contributed by atoms with Crippen molar-refractivity contribution in [2.24, 2.45) is 21.1 Å². The fraction of sp³-hybridized carbons (Fsp3) is 0.447. The average Bonchev–Trinajstić information content (AvgIpc) is 3.93. The molecule has 22 nitrogen and oxygen atoms in total. The standard InChI is InChI=1S/C16H20N6O.C11H14N4O2.C10H15N5S.C10H14N4S/c1-16(2,3)22-10-19-13-12(14(22)23)21(4)15(20-13)18-9-11-7-5-6-8-17-11;1-7-5-8(16)13-9-12-6-14(11(2,3)4)10(17)15(7)9;1-10(2,3)15-8(16)6-7(13-9(15)11)12-5-14(6)4;1-10(2,3)14-6-12-8-7(9(14)15)13(4)5-11-8/h5-8,10H,9H2,1-4H3,(H,18,20);5-6H,1-4H3;5H,1-4H3,(H2,11,13);5-6H,1-4H3. The van der Waals surface area contributed by atoms with Gasteiger partial charge in [-0.15, -0.1) is 0 Å². The number of nitrogen functional groups attached to an aromatic ring is 1. The zero-order valence-corrected chi connectivity index (χ0v) is 44.8. The van der Waals surface area contributed by atoms with E-state index in [2.05, 4.69) is 70.9 Å². The first-order chi connectivity index (χ1) is 32.9. The van der Waals surface area contributed by atoms with E-state index in [0.29, 0.717) is 51.2 Å². The summed E-state index contributed by atoms with van der Waals surface area (Å²) >= 11 is 10.9. The molecular formula is C47H63N19O3S2. The van der Waals surface area contributed by atoms with Gasteiger partial charge >= 0.3 is 5.69 Å². The Morgan fingerprint density at radius 1 is 0.606 bits per heavy atom. The molecule has 71 heavy (non-hydrogen) atoms. The lowest BCUT2D eigenvalue weighted by Gasteiger charge is -2.24. The molecule has 0 aliphatic heterocycles. The molecule has 0 fully saturated rings. The van der Waals surface area contributed by atoms with Crippen molar-refractivity contribution < 1.29 is 0 Å². The molecule has 0 spiro atoms. The highest BCUT2D eigenvalue weighted by atomic mass is 32.1. The van der Waals surface area contributed by atoms with E-state index in [1.807, 2.05) is 120 Å². The number of nitrogens with one attached hydrogen (secondary N) is 1. The Kier molecular flexibility index (Phi) is 14.8. The molecular weight excluding hydrogens is 943 g/mol. The minimum atomic E-state index is -0.386. The molecule has 9 aromatic rings. The predicted octanol–water partition coefficient (Wildman–Crippen LogP) is 6.30.